The van der Waals surface area contributed by atoms with E-state index in [-0.39, 0.29) is 19.4 Å². The van der Waals surface area contributed by atoms with Crippen molar-refractivity contribution in [2.24, 2.45) is 0 Å². The van der Waals surface area contributed by atoms with Crippen LogP contribution in [-0.4, -0.2) is 41.0 Å². The van der Waals surface area contributed by atoms with Crippen molar-refractivity contribution in [1.29, 1.82) is 0 Å². The van der Waals surface area contributed by atoms with Crippen molar-refractivity contribution in [3.8, 4) is 0 Å². The maximum atomic E-state index is 12.5. The highest BCUT2D eigenvalue weighted by Crippen LogP contribution is 2.36. The quantitative estimate of drug-likeness (QED) is 0.0269. The van der Waals surface area contributed by atoms with E-state index in [1.54, 1.807) is 0 Å². The monoisotopic (exact) mass is 837 g/mol. The summed E-state index contributed by atoms with van der Waals surface area (Å²) >= 11 is 0. The molecule has 0 saturated heterocycles. The lowest BCUT2D eigenvalue weighted by atomic mass is 10.0. The Morgan fingerprint density at radius 2 is 0.810 bits per heavy atom. The number of hydrogen-bond acceptors (Lipinski definition) is 6. The Bertz CT molecular complexity index is 1080. The molecule has 0 unspecified atom stereocenters. The van der Waals surface area contributed by atoms with Gasteiger partial charge in [0.15, 0.2) is 6.10 Å². The van der Waals surface area contributed by atoms with E-state index in [0.717, 1.165) is 64.2 Å². The molecule has 8 nitrogen and oxygen atoms in total. The van der Waals surface area contributed by atoms with Gasteiger partial charge in [0, 0.05) is 12.8 Å². The van der Waals surface area contributed by atoms with Crippen molar-refractivity contribution in [1.82, 2.24) is 0 Å². The minimum atomic E-state index is -4.77. The Hall–Kier alpha value is -1.99. The number of allylic oxidation sites excluding steroid dienone is 8. The fraction of sp³-hybridized carbons (Fsp3) is 0.796. The Balaban J connectivity index is 3.86. The van der Waals surface area contributed by atoms with Gasteiger partial charge in [0.05, 0.1) is 6.61 Å². The van der Waals surface area contributed by atoms with Crippen LogP contribution in [0.5, 0.6) is 0 Å². The molecular weight excluding hydrogens is 748 g/mol. The fourth-order valence-corrected chi connectivity index (χ4v) is 7.14. The van der Waals surface area contributed by atoms with Crippen LogP contribution in [0.2, 0.25) is 0 Å². The van der Waals surface area contributed by atoms with E-state index in [1.807, 2.05) is 0 Å². The second kappa shape index (κ2) is 44.6. The first-order valence-corrected chi connectivity index (χ1v) is 25.5. The number of ether oxygens (including phenoxy) is 2. The van der Waals surface area contributed by atoms with Crippen LogP contribution in [0.1, 0.15) is 232 Å². The lowest BCUT2D eigenvalue weighted by Crippen LogP contribution is -2.29. The Kier molecular flexibility index (Phi) is 43.0. The van der Waals surface area contributed by atoms with E-state index in [4.69, 9.17) is 19.3 Å². The molecule has 1 atom stereocenters. The van der Waals surface area contributed by atoms with Gasteiger partial charge in [0.2, 0.25) is 0 Å². The molecule has 0 aromatic rings. The summed E-state index contributed by atoms with van der Waals surface area (Å²) in [7, 11) is -4.77. The number of esters is 2. The largest absolute Gasteiger partial charge is 0.469 e. The molecule has 0 fully saturated rings. The van der Waals surface area contributed by atoms with Gasteiger partial charge in [0.1, 0.15) is 6.61 Å². The van der Waals surface area contributed by atoms with Crippen LogP contribution in [0.4, 0.5) is 0 Å². The molecule has 0 bridgehead atoms. The van der Waals surface area contributed by atoms with Crippen molar-refractivity contribution in [3.05, 3.63) is 48.6 Å². The van der Waals surface area contributed by atoms with Crippen LogP contribution in [-0.2, 0) is 28.2 Å². The Morgan fingerprint density at radius 3 is 1.22 bits per heavy atom. The van der Waals surface area contributed by atoms with Crippen molar-refractivity contribution >= 4 is 19.8 Å². The lowest BCUT2D eigenvalue weighted by molar-refractivity contribution is -0.161. The zero-order chi connectivity index (χ0) is 42.5. The van der Waals surface area contributed by atoms with Gasteiger partial charge in [-0.3, -0.25) is 14.1 Å². The third kappa shape index (κ3) is 46.7. The van der Waals surface area contributed by atoms with E-state index in [0.29, 0.717) is 12.8 Å². The van der Waals surface area contributed by atoms with Gasteiger partial charge >= 0.3 is 19.8 Å². The first-order valence-electron chi connectivity index (χ1n) is 23.9. The summed E-state index contributed by atoms with van der Waals surface area (Å²) in [4.78, 5) is 43.0. The van der Waals surface area contributed by atoms with Crippen molar-refractivity contribution in [3.63, 3.8) is 0 Å². The maximum absolute atomic E-state index is 12.5. The average Bonchev–Trinajstić information content (AvgIpc) is 3.20. The molecule has 0 saturated carbocycles. The first kappa shape index (κ1) is 56.0. The normalized spacial score (nSPS) is 12.8. The standard InChI is InChI=1S/C49H89O8P/c1-3-5-7-9-11-13-15-17-19-21-22-23-24-25-26-28-30-32-34-36-38-40-42-44-49(51)57-47(46-56-58(52,53)54)45-55-48(50)43-41-39-37-35-33-31-29-27-20-18-16-14-12-10-8-6-4-2/h8,10,14,16,20,27,31,33,47H,3-7,9,11-13,15,17-19,21-26,28-30,32,34-46H2,1-2H3,(H2,52,53,54)/b10-8+,16-14+,27-20+,33-31+/t47-/m1/s1. The minimum absolute atomic E-state index is 0.207. The van der Waals surface area contributed by atoms with Crippen molar-refractivity contribution in [2.45, 2.75) is 238 Å². The SMILES string of the molecule is CCC/C=C/C/C=C/C/C=C/C/C=C/CCCCCC(=O)OC[C@H](COP(=O)(O)O)OC(=O)CCCCCCCCCCCCCCCCCCCCCCCCC. The van der Waals surface area contributed by atoms with Crippen LogP contribution < -0.4 is 0 Å². The number of unbranched alkanes of at least 4 members (excludes halogenated alkanes) is 26. The number of hydrogen-bond donors (Lipinski definition) is 2. The molecule has 0 aliphatic heterocycles. The molecule has 0 amide bonds. The third-order valence-corrected chi connectivity index (χ3v) is 10.8. The van der Waals surface area contributed by atoms with Crippen LogP contribution in [0.25, 0.3) is 0 Å². The number of phosphoric acid groups is 1. The third-order valence-electron chi connectivity index (χ3n) is 10.3. The molecule has 0 aliphatic rings. The van der Waals surface area contributed by atoms with Crippen LogP contribution in [0.3, 0.4) is 0 Å². The number of carbonyl (C=O) groups excluding carboxylic acids is 2. The van der Waals surface area contributed by atoms with Crippen LogP contribution in [0, 0.1) is 0 Å². The van der Waals surface area contributed by atoms with E-state index in [1.165, 1.54) is 128 Å². The molecule has 0 aromatic heterocycles. The molecule has 9 heteroatoms. The summed E-state index contributed by atoms with van der Waals surface area (Å²) in [5.74, 6) is -0.913. The van der Waals surface area contributed by atoms with Gasteiger partial charge in [0.25, 0.3) is 0 Å². The summed E-state index contributed by atoms with van der Waals surface area (Å²) in [6, 6.07) is 0. The fourth-order valence-electron chi connectivity index (χ4n) is 6.78. The predicted molar refractivity (Wildman–Crippen MR) is 244 cm³/mol. The van der Waals surface area contributed by atoms with Crippen LogP contribution >= 0.6 is 7.82 Å². The molecule has 0 rings (SSSR count). The second-order valence-corrected chi connectivity index (χ2v) is 17.3. The van der Waals surface area contributed by atoms with E-state index in [2.05, 4.69) is 67.0 Å². The summed E-state index contributed by atoms with van der Waals surface area (Å²) in [6.07, 6.45) is 55.6. The molecule has 0 aromatic carbocycles. The highest BCUT2D eigenvalue weighted by atomic mass is 31.2. The van der Waals surface area contributed by atoms with Crippen molar-refractivity contribution < 1.29 is 37.9 Å². The van der Waals surface area contributed by atoms with Gasteiger partial charge in [-0.25, -0.2) is 4.57 Å². The topological polar surface area (TPSA) is 119 Å². The first-order chi connectivity index (χ1) is 28.3. The van der Waals surface area contributed by atoms with Gasteiger partial charge in [-0.05, 0) is 51.4 Å². The highest BCUT2D eigenvalue weighted by molar-refractivity contribution is 7.46. The zero-order valence-electron chi connectivity index (χ0n) is 37.4. The number of phosphoric ester groups is 1. The summed E-state index contributed by atoms with van der Waals surface area (Å²) < 4.78 is 26.5. The van der Waals surface area contributed by atoms with Gasteiger partial charge in [-0.1, -0.05) is 217 Å². The molecule has 338 valence electrons. The minimum Gasteiger partial charge on any atom is -0.462 e. The van der Waals surface area contributed by atoms with Crippen molar-refractivity contribution in [2.75, 3.05) is 13.2 Å². The molecular formula is C49H89O8P. The number of rotatable bonds is 44. The van der Waals surface area contributed by atoms with E-state index < -0.39 is 32.5 Å². The average molecular weight is 837 g/mol. The molecule has 0 spiro atoms. The Morgan fingerprint density at radius 1 is 0.448 bits per heavy atom. The summed E-state index contributed by atoms with van der Waals surface area (Å²) in [6.45, 7) is 3.62. The zero-order valence-corrected chi connectivity index (χ0v) is 38.3. The van der Waals surface area contributed by atoms with E-state index in [9.17, 15) is 14.2 Å². The summed E-state index contributed by atoms with van der Waals surface area (Å²) in [5.41, 5.74) is 0. The maximum Gasteiger partial charge on any atom is 0.469 e. The summed E-state index contributed by atoms with van der Waals surface area (Å²) in [5, 5.41) is 0. The highest BCUT2D eigenvalue weighted by Gasteiger charge is 2.23. The predicted octanol–water partition coefficient (Wildman–Crippen LogP) is 15.1. The van der Waals surface area contributed by atoms with Gasteiger partial charge in [-0.15, -0.1) is 0 Å². The molecule has 2 N–H and O–H groups in total. The smallest absolute Gasteiger partial charge is 0.462 e. The lowest BCUT2D eigenvalue weighted by Gasteiger charge is -2.18. The molecule has 58 heavy (non-hydrogen) atoms. The molecule has 0 radical (unpaired) electrons. The second-order valence-electron chi connectivity index (χ2n) is 16.1. The van der Waals surface area contributed by atoms with Gasteiger partial charge < -0.3 is 19.3 Å². The van der Waals surface area contributed by atoms with E-state index >= 15 is 0 Å². The van der Waals surface area contributed by atoms with Crippen LogP contribution in [0.15, 0.2) is 48.6 Å². The molecule has 0 aliphatic carbocycles. The molecule has 0 heterocycles. The Labute approximate surface area is 356 Å². The number of carbonyl (C=O) groups is 2. The van der Waals surface area contributed by atoms with Gasteiger partial charge in [-0.2, -0.15) is 0 Å².